The van der Waals surface area contributed by atoms with E-state index in [1.54, 1.807) is 61.7 Å². The lowest BCUT2D eigenvalue weighted by Gasteiger charge is -2.13. The lowest BCUT2D eigenvalue weighted by atomic mass is 10.1. The van der Waals surface area contributed by atoms with Crippen molar-refractivity contribution in [2.24, 2.45) is 0 Å². The van der Waals surface area contributed by atoms with Crippen LogP contribution in [-0.2, 0) is 26.2 Å². The molecule has 21 heteroatoms. The molecule has 1 atom stereocenters. The van der Waals surface area contributed by atoms with E-state index in [1.807, 2.05) is 178 Å². The highest BCUT2D eigenvalue weighted by molar-refractivity contribution is 6.31. The second-order valence-electron chi connectivity index (χ2n) is 24.7. The van der Waals surface area contributed by atoms with Gasteiger partial charge < -0.3 is 56.2 Å². The Hall–Kier alpha value is -12.6. The van der Waals surface area contributed by atoms with Gasteiger partial charge >= 0.3 is 0 Å². The zero-order valence-electron chi connectivity index (χ0n) is 57.5. The van der Waals surface area contributed by atoms with Crippen LogP contribution in [0.4, 0.5) is 13.2 Å². The summed E-state index contributed by atoms with van der Waals surface area (Å²) in [7, 11) is 1.61. The molecule has 0 saturated carbocycles. The third-order valence-corrected chi connectivity index (χ3v) is 17.3. The second-order valence-corrected chi connectivity index (χ2v) is 25.6. The van der Waals surface area contributed by atoms with Gasteiger partial charge in [-0.05, 0) is 194 Å². The maximum absolute atomic E-state index is 13.2. The zero-order valence-corrected chi connectivity index (χ0v) is 59.0. The summed E-state index contributed by atoms with van der Waals surface area (Å²) in [5, 5.41) is 20.3. The van der Waals surface area contributed by atoms with E-state index in [0.717, 1.165) is 88.3 Å². The fourth-order valence-corrected chi connectivity index (χ4v) is 11.6. The van der Waals surface area contributed by atoms with Gasteiger partial charge in [0.2, 0.25) is 0 Å². The van der Waals surface area contributed by atoms with Gasteiger partial charge in [-0.2, -0.15) is 0 Å². The van der Waals surface area contributed by atoms with Crippen molar-refractivity contribution in [1.29, 1.82) is 0 Å². The molecule has 0 aliphatic carbocycles. The molecule has 5 aromatic heterocycles. The lowest BCUT2D eigenvalue weighted by molar-refractivity contribution is 0.0929. The fourth-order valence-electron chi connectivity index (χ4n) is 11.2. The fraction of sp³-hybridized carbons (Fsp3) is 0.107. The first-order chi connectivity index (χ1) is 50.7. The molecule has 0 aliphatic rings. The topological polar surface area (TPSA) is 234 Å². The van der Waals surface area contributed by atoms with E-state index >= 15 is 0 Å². The van der Waals surface area contributed by atoms with Crippen molar-refractivity contribution in [1.82, 2.24) is 51.5 Å². The van der Waals surface area contributed by atoms with Crippen molar-refractivity contribution in [2.45, 2.75) is 53.0 Å². The van der Waals surface area contributed by atoms with E-state index in [1.165, 1.54) is 42.0 Å². The number of rotatable bonds is 16. The number of nitrogens with one attached hydrogen (secondary N) is 10. The number of aromatic nitrogens is 5. The van der Waals surface area contributed by atoms with E-state index in [-0.39, 0.29) is 53.0 Å². The minimum Gasteiger partial charge on any atom is -0.497 e. The molecule has 1 unspecified atom stereocenters. The standard InChI is InChI=1S/C18H18N2O.C17H15FN2O2.C17H15FN2O.C16H12ClFN2O.C16H13ClN2O/c1-12-8-9-16-15(10-12)11-17(20-16)18(21)19-13(2)14-6-4-3-5-7-14;1-22-14-5-2-11(3-6-14)10-19-17(21)16-9-12-8-13(18)4-7-15(12)20-16;1-11-2-7-15-13(8-11)9-16(20-15)17(21)19-10-12-3-5-14(18)6-4-12;17-12-3-6-14-11(7-12)8-15(20-14)16(21)19-9-10-1-4-13(18)5-2-10;17-13-6-3-4-11(8-13)10-18-16(20)15-9-12-5-1-2-7-14(12)19-15/h3-11,13,20H,1-2H3,(H,19,21);2-9,20H,10H2,1H3,(H,19,21);2-9,20H,10H2,1H3,(H,19,21);1-8,20H,9H2,(H,19,21);1-9,19H,10H2,(H,18,20). The van der Waals surface area contributed by atoms with E-state index < -0.39 is 0 Å². The molecule has 0 bridgehead atoms. The van der Waals surface area contributed by atoms with E-state index in [4.69, 9.17) is 27.9 Å². The second kappa shape index (κ2) is 34.9. The lowest BCUT2D eigenvalue weighted by Crippen LogP contribution is -2.26. The number of aromatic amines is 5. The minimum atomic E-state index is -0.323. The maximum atomic E-state index is 13.2. The average molecular weight is 1450 g/mol. The summed E-state index contributed by atoms with van der Waals surface area (Å²) in [4.78, 5) is 76.2. The number of hydrogen-bond acceptors (Lipinski definition) is 6. The molecule has 5 amide bonds. The first-order valence-corrected chi connectivity index (χ1v) is 34.2. The molecule has 16 nitrogen and oxygen atoms in total. The predicted molar refractivity (Wildman–Crippen MR) is 410 cm³/mol. The molecule has 0 radical (unpaired) electrons. The number of hydrogen-bond donors (Lipinski definition) is 10. The Kier molecular flexibility index (Phi) is 24.4. The summed E-state index contributed by atoms with van der Waals surface area (Å²) in [6.45, 7) is 7.62. The van der Waals surface area contributed by atoms with Crippen LogP contribution in [0.1, 0.15) is 104 Å². The number of carbonyl (C=O) groups is 5. The number of methoxy groups -OCH3 is 1. The van der Waals surface area contributed by atoms with Crippen LogP contribution in [0.3, 0.4) is 0 Å². The molecular formula is C84H73Cl2F3N10O6. The first-order valence-electron chi connectivity index (χ1n) is 33.4. The molecule has 0 spiro atoms. The number of H-pyrrole nitrogens is 5. The van der Waals surface area contributed by atoms with Gasteiger partial charge in [0, 0.05) is 90.7 Å². The number of carbonyl (C=O) groups excluding carboxylic acids is 5. The molecule has 15 rings (SSSR count). The van der Waals surface area contributed by atoms with Crippen molar-refractivity contribution < 1.29 is 41.9 Å². The SMILES string of the molecule is COc1ccc(CNC(=O)c2cc3cc(F)ccc3[nH]2)cc1.Cc1ccc2[nH]c(C(=O)NC(C)c3ccccc3)cc2c1.Cc1ccc2[nH]c(C(=O)NCc3ccc(F)cc3)cc2c1.O=C(NCc1ccc(F)cc1)c1cc2cc(Cl)ccc2[nH]1.O=C(NCc1cccc(Cl)c1)c1cc2ccccc2[nH]1. The Morgan fingerprint density at radius 2 is 0.724 bits per heavy atom. The van der Waals surface area contributed by atoms with Gasteiger partial charge in [-0.3, -0.25) is 24.0 Å². The summed E-state index contributed by atoms with van der Waals surface area (Å²) >= 11 is 11.8. The Morgan fingerprint density at radius 1 is 0.352 bits per heavy atom. The van der Waals surface area contributed by atoms with Crippen LogP contribution in [0.15, 0.2) is 255 Å². The van der Waals surface area contributed by atoms with Crippen LogP contribution >= 0.6 is 23.2 Å². The maximum Gasteiger partial charge on any atom is 0.268 e. The van der Waals surface area contributed by atoms with E-state index in [2.05, 4.69) is 57.6 Å². The van der Waals surface area contributed by atoms with Gasteiger partial charge in [-0.25, -0.2) is 13.2 Å². The first kappa shape index (κ1) is 73.6. The number of para-hydroxylation sites is 1. The van der Waals surface area contributed by atoms with Crippen molar-refractivity contribution >= 4 is 107 Å². The normalized spacial score (nSPS) is 11.0. The number of benzene rings is 10. The molecular weight excluding hydrogens is 1370 g/mol. The molecule has 10 N–H and O–H groups in total. The molecule has 15 aromatic rings. The largest absolute Gasteiger partial charge is 0.497 e. The smallest absolute Gasteiger partial charge is 0.268 e. The Labute approximate surface area is 612 Å². The van der Waals surface area contributed by atoms with Crippen molar-refractivity contribution in [2.75, 3.05) is 7.11 Å². The Bertz CT molecular complexity index is 5350. The van der Waals surface area contributed by atoms with Crippen LogP contribution in [0, 0.1) is 31.3 Å². The van der Waals surface area contributed by atoms with Crippen LogP contribution < -0.4 is 31.3 Å². The Morgan fingerprint density at radius 3 is 1.19 bits per heavy atom. The summed E-state index contributed by atoms with van der Waals surface area (Å²) in [5.41, 5.74) is 14.1. The minimum absolute atomic E-state index is 0.0214. The van der Waals surface area contributed by atoms with Gasteiger partial charge in [-0.15, -0.1) is 0 Å². The highest BCUT2D eigenvalue weighted by Crippen LogP contribution is 2.24. The molecule has 0 saturated heterocycles. The van der Waals surface area contributed by atoms with Crippen LogP contribution in [0.25, 0.3) is 54.5 Å². The number of fused-ring (bicyclic) bond motifs is 5. The summed E-state index contributed by atoms with van der Waals surface area (Å²) < 4.78 is 43.8. The molecule has 530 valence electrons. The highest BCUT2D eigenvalue weighted by Gasteiger charge is 2.16. The number of halogens is 5. The number of aryl methyl sites for hydroxylation is 2. The quantitative estimate of drug-likeness (QED) is 0.0452. The van der Waals surface area contributed by atoms with Crippen molar-refractivity contribution in [3.8, 4) is 5.75 Å². The highest BCUT2D eigenvalue weighted by atomic mass is 35.5. The van der Waals surface area contributed by atoms with Crippen LogP contribution in [-0.4, -0.2) is 61.6 Å². The monoisotopic (exact) mass is 1440 g/mol. The van der Waals surface area contributed by atoms with Crippen molar-refractivity contribution in [3.63, 3.8) is 0 Å². The van der Waals surface area contributed by atoms with Gasteiger partial charge in [0.1, 0.15) is 51.7 Å². The summed E-state index contributed by atoms with van der Waals surface area (Å²) in [6.07, 6.45) is 0. The van der Waals surface area contributed by atoms with Crippen LogP contribution in [0.2, 0.25) is 10.0 Å². The summed E-state index contributed by atoms with van der Waals surface area (Å²) in [6, 6.07) is 75.6. The van der Waals surface area contributed by atoms with Gasteiger partial charge in [0.15, 0.2) is 0 Å². The van der Waals surface area contributed by atoms with E-state index in [0.29, 0.717) is 70.1 Å². The summed E-state index contributed by atoms with van der Waals surface area (Å²) in [5.74, 6) is -0.952. The third kappa shape index (κ3) is 20.6. The predicted octanol–water partition coefficient (Wildman–Crippen LogP) is 18.4. The average Bonchev–Trinajstić information content (AvgIpc) is 1.71. The molecule has 105 heavy (non-hydrogen) atoms. The van der Waals surface area contributed by atoms with Gasteiger partial charge in [-0.1, -0.05) is 144 Å². The molecule has 0 aliphatic heterocycles. The third-order valence-electron chi connectivity index (χ3n) is 16.8. The van der Waals surface area contributed by atoms with E-state index in [9.17, 15) is 37.1 Å². The van der Waals surface area contributed by atoms with Gasteiger partial charge in [0.05, 0.1) is 13.2 Å². The molecule has 0 fully saturated rings. The number of amides is 5. The number of ether oxygens (including phenoxy) is 1. The molecule has 5 heterocycles. The van der Waals surface area contributed by atoms with Crippen molar-refractivity contribution in [3.05, 3.63) is 350 Å². The van der Waals surface area contributed by atoms with Crippen LogP contribution in [0.5, 0.6) is 5.75 Å². The Balaban J connectivity index is 0.000000131. The van der Waals surface area contributed by atoms with Gasteiger partial charge in [0.25, 0.3) is 29.5 Å². The zero-order chi connectivity index (χ0) is 73.9. The molecule has 10 aromatic carbocycles.